The zero-order valence-electron chi connectivity index (χ0n) is 15.6. The summed E-state index contributed by atoms with van der Waals surface area (Å²) >= 11 is 1.42. The number of hydrogen-bond donors (Lipinski definition) is 0. The smallest absolute Gasteiger partial charge is 0.273 e. The summed E-state index contributed by atoms with van der Waals surface area (Å²) in [4.78, 5) is 27.6. The second kappa shape index (κ2) is 8.15. The van der Waals surface area contributed by atoms with Crippen LogP contribution in [-0.4, -0.2) is 57.7 Å². The fourth-order valence-electron chi connectivity index (χ4n) is 3.63. The number of likely N-dealkylation sites (tertiary alicyclic amines) is 1. The van der Waals surface area contributed by atoms with Crippen molar-refractivity contribution >= 4 is 17.2 Å². The minimum Gasteiger partial charge on any atom is -0.385 e. The molecular formula is C19H21N5O3S. The fourth-order valence-corrected chi connectivity index (χ4v) is 4.15. The van der Waals surface area contributed by atoms with Gasteiger partial charge in [0.2, 0.25) is 0 Å². The van der Waals surface area contributed by atoms with Crippen molar-refractivity contribution in [3.63, 3.8) is 0 Å². The van der Waals surface area contributed by atoms with Gasteiger partial charge in [-0.2, -0.15) is 4.98 Å². The standard InChI is InChI=1S/C19H21N5O3S/c1-26-9-6-19(18-22-16(27-23-18)14-4-2-7-20-10-14)5-3-8-24(12-19)17(25)15-11-28-13-21-15/h2,4,7,10-11,13H,3,5-6,8-9,12H2,1H3. The lowest BCUT2D eigenvalue weighted by Gasteiger charge is -2.40. The van der Waals surface area contributed by atoms with E-state index in [0.29, 0.717) is 43.5 Å². The number of ether oxygens (including phenoxy) is 1. The maximum Gasteiger partial charge on any atom is 0.273 e. The molecule has 1 unspecified atom stereocenters. The Morgan fingerprint density at radius 2 is 2.39 bits per heavy atom. The largest absolute Gasteiger partial charge is 0.385 e. The Bertz CT molecular complexity index is 915. The molecule has 1 aliphatic heterocycles. The van der Waals surface area contributed by atoms with Crippen molar-refractivity contribution < 1.29 is 14.1 Å². The van der Waals surface area contributed by atoms with Crippen LogP contribution in [0.15, 0.2) is 39.9 Å². The fraction of sp³-hybridized carbons (Fsp3) is 0.421. The normalized spacial score (nSPS) is 19.7. The number of nitrogens with zero attached hydrogens (tertiary/aromatic N) is 5. The first-order valence-corrected chi connectivity index (χ1v) is 10.1. The van der Waals surface area contributed by atoms with Gasteiger partial charge in [0.05, 0.1) is 16.5 Å². The molecule has 0 N–H and O–H groups in total. The number of pyridine rings is 1. The Kier molecular flexibility index (Phi) is 5.45. The van der Waals surface area contributed by atoms with Gasteiger partial charge in [-0.15, -0.1) is 11.3 Å². The zero-order chi connectivity index (χ0) is 19.4. The third kappa shape index (κ3) is 3.67. The van der Waals surface area contributed by atoms with Crippen LogP contribution in [-0.2, 0) is 10.2 Å². The van der Waals surface area contributed by atoms with E-state index in [1.54, 1.807) is 30.4 Å². The van der Waals surface area contributed by atoms with Gasteiger partial charge in [0.15, 0.2) is 5.82 Å². The molecule has 28 heavy (non-hydrogen) atoms. The predicted octanol–water partition coefficient (Wildman–Crippen LogP) is 2.80. The van der Waals surface area contributed by atoms with Gasteiger partial charge in [-0.3, -0.25) is 9.78 Å². The highest BCUT2D eigenvalue weighted by atomic mass is 32.1. The van der Waals surface area contributed by atoms with Crippen molar-refractivity contribution in [2.24, 2.45) is 0 Å². The molecule has 0 spiro atoms. The monoisotopic (exact) mass is 399 g/mol. The summed E-state index contributed by atoms with van der Waals surface area (Å²) in [6.45, 7) is 1.76. The highest BCUT2D eigenvalue weighted by Gasteiger charge is 2.42. The van der Waals surface area contributed by atoms with Crippen molar-refractivity contribution in [1.29, 1.82) is 0 Å². The highest BCUT2D eigenvalue weighted by molar-refractivity contribution is 7.07. The van der Waals surface area contributed by atoms with Crippen molar-refractivity contribution in [2.45, 2.75) is 24.7 Å². The topological polar surface area (TPSA) is 94.2 Å². The molecule has 9 heteroatoms. The Morgan fingerprint density at radius 3 is 3.14 bits per heavy atom. The number of carbonyl (C=O) groups excluding carboxylic acids is 1. The average molecular weight is 399 g/mol. The van der Waals surface area contributed by atoms with Gasteiger partial charge in [0, 0.05) is 44.6 Å². The van der Waals surface area contributed by atoms with Gasteiger partial charge in [0.25, 0.3) is 11.8 Å². The first kappa shape index (κ1) is 18.7. The van der Waals surface area contributed by atoms with Gasteiger partial charge in [-0.25, -0.2) is 4.98 Å². The Labute approximate surface area is 166 Å². The maximum atomic E-state index is 12.8. The molecular weight excluding hydrogens is 378 g/mol. The Balaban J connectivity index is 1.63. The third-order valence-electron chi connectivity index (χ3n) is 5.11. The summed E-state index contributed by atoms with van der Waals surface area (Å²) in [5, 5.41) is 6.06. The van der Waals surface area contributed by atoms with Crippen molar-refractivity contribution in [3.05, 3.63) is 46.9 Å². The number of methoxy groups -OCH3 is 1. The molecule has 8 nitrogen and oxygen atoms in total. The molecule has 146 valence electrons. The van der Waals surface area contributed by atoms with Crippen LogP contribution >= 0.6 is 11.3 Å². The van der Waals surface area contributed by atoms with Crippen LogP contribution in [0.1, 0.15) is 35.6 Å². The number of rotatable bonds is 6. The van der Waals surface area contributed by atoms with E-state index in [4.69, 9.17) is 9.26 Å². The Hall–Kier alpha value is -2.65. The van der Waals surface area contributed by atoms with E-state index < -0.39 is 5.41 Å². The minimum atomic E-state index is -0.413. The van der Waals surface area contributed by atoms with E-state index in [1.807, 2.05) is 17.0 Å². The molecule has 0 bridgehead atoms. The van der Waals surface area contributed by atoms with E-state index in [0.717, 1.165) is 18.4 Å². The summed E-state index contributed by atoms with van der Waals surface area (Å²) in [5.41, 5.74) is 2.52. The molecule has 0 aliphatic carbocycles. The molecule has 0 saturated carbocycles. The van der Waals surface area contributed by atoms with E-state index in [-0.39, 0.29) is 5.91 Å². The van der Waals surface area contributed by atoms with Gasteiger partial charge in [0.1, 0.15) is 5.69 Å². The van der Waals surface area contributed by atoms with Crippen LogP contribution in [0.4, 0.5) is 0 Å². The van der Waals surface area contributed by atoms with E-state index in [2.05, 4.69) is 20.1 Å². The lowest BCUT2D eigenvalue weighted by Crippen LogP contribution is -2.49. The summed E-state index contributed by atoms with van der Waals surface area (Å²) in [5.74, 6) is 0.987. The van der Waals surface area contributed by atoms with Crippen LogP contribution in [0.2, 0.25) is 0 Å². The SMILES string of the molecule is COCCC1(c2noc(-c3cccnc3)n2)CCCN(C(=O)c2cscn2)C1. The number of hydrogen-bond acceptors (Lipinski definition) is 8. The summed E-state index contributed by atoms with van der Waals surface area (Å²) in [7, 11) is 1.67. The molecule has 0 radical (unpaired) electrons. The molecule has 1 fully saturated rings. The molecule has 1 aliphatic rings. The van der Waals surface area contributed by atoms with Crippen molar-refractivity contribution in [3.8, 4) is 11.5 Å². The second-order valence-electron chi connectivity index (χ2n) is 6.89. The van der Waals surface area contributed by atoms with E-state index in [9.17, 15) is 4.79 Å². The van der Waals surface area contributed by atoms with Crippen LogP contribution in [0.5, 0.6) is 0 Å². The van der Waals surface area contributed by atoms with Crippen molar-refractivity contribution in [1.82, 2.24) is 25.0 Å². The first-order chi connectivity index (χ1) is 13.7. The van der Waals surface area contributed by atoms with E-state index >= 15 is 0 Å². The lowest BCUT2D eigenvalue weighted by atomic mass is 9.76. The summed E-state index contributed by atoms with van der Waals surface area (Å²) in [6, 6.07) is 3.71. The average Bonchev–Trinajstić information content (AvgIpc) is 3.45. The predicted molar refractivity (Wildman–Crippen MR) is 103 cm³/mol. The highest BCUT2D eigenvalue weighted by Crippen LogP contribution is 2.37. The van der Waals surface area contributed by atoms with Gasteiger partial charge in [-0.1, -0.05) is 5.16 Å². The van der Waals surface area contributed by atoms with Gasteiger partial charge in [-0.05, 0) is 31.4 Å². The molecule has 3 aromatic heterocycles. The summed E-state index contributed by atoms with van der Waals surface area (Å²) in [6.07, 6.45) is 5.82. The number of thiazole rings is 1. The van der Waals surface area contributed by atoms with E-state index in [1.165, 1.54) is 11.3 Å². The number of piperidine rings is 1. The molecule has 4 rings (SSSR count). The molecule has 4 heterocycles. The number of aromatic nitrogens is 4. The molecule has 3 aromatic rings. The van der Waals surface area contributed by atoms with Crippen LogP contribution in [0.25, 0.3) is 11.5 Å². The van der Waals surface area contributed by atoms with Crippen LogP contribution < -0.4 is 0 Å². The van der Waals surface area contributed by atoms with Gasteiger partial charge >= 0.3 is 0 Å². The molecule has 0 aromatic carbocycles. The van der Waals surface area contributed by atoms with Crippen molar-refractivity contribution in [2.75, 3.05) is 26.8 Å². The van der Waals surface area contributed by atoms with Crippen LogP contribution in [0, 0.1) is 0 Å². The number of carbonyl (C=O) groups is 1. The second-order valence-corrected chi connectivity index (χ2v) is 7.61. The molecule has 1 amide bonds. The van der Waals surface area contributed by atoms with Crippen LogP contribution in [0.3, 0.4) is 0 Å². The maximum absolute atomic E-state index is 12.8. The lowest BCUT2D eigenvalue weighted by molar-refractivity contribution is 0.0562. The van der Waals surface area contributed by atoms with Gasteiger partial charge < -0.3 is 14.2 Å². The molecule has 1 atom stereocenters. The zero-order valence-corrected chi connectivity index (χ0v) is 16.4. The molecule has 1 saturated heterocycles. The number of amides is 1. The third-order valence-corrected chi connectivity index (χ3v) is 5.70. The minimum absolute atomic E-state index is 0.0567. The first-order valence-electron chi connectivity index (χ1n) is 9.13. The summed E-state index contributed by atoms with van der Waals surface area (Å²) < 4.78 is 10.9. The quantitative estimate of drug-likeness (QED) is 0.629. The Morgan fingerprint density at radius 1 is 1.46 bits per heavy atom.